The van der Waals surface area contributed by atoms with Gasteiger partial charge in [-0.25, -0.2) is 0 Å². The molecule has 1 fully saturated rings. The molecule has 69 heavy (non-hydrogen) atoms. The molecule has 1 rings (SSSR count). The molecule has 0 bridgehead atoms. The van der Waals surface area contributed by atoms with Gasteiger partial charge in [0.25, 0.3) is 0 Å². The number of aliphatic hydroxyl groups is 5. The smallest absolute Gasteiger partial charge is 0.305 e. The van der Waals surface area contributed by atoms with Crippen LogP contribution in [-0.2, 0) is 23.8 Å². The van der Waals surface area contributed by atoms with E-state index in [-0.39, 0.29) is 18.5 Å². The first-order valence-corrected chi connectivity index (χ1v) is 27.3. The van der Waals surface area contributed by atoms with Crippen molar-refractivity contribution in [1.82, 2.24) is 5.32 Å². The van der Waals surface area contributed by atoms with Gasteiger partial charge in [0.1, 0.15) is 24.4 Å². The van der Waals surface area contributed by atoms with E-state index < -0.39 is 49.5 Å². The molecule has 0 spiro atoms. The van der Waals surface area contributed by atoms with Crippen LogP contribution in [0.4, 0.5) is 0 Å². The lowest BCUT2D eigenvalue weighted by Crippen LogP contribution is -2.60. The molecular formula is C58H99NO10. The van der Waals surface area contributed by atoms with Gasteiger partial charge in [0.05, 0.1) is 32.0 Å². The Morgan fingerprint density at radius 2 is 1.09 bits per heavy atom. The van der Waals surface area contributed by atoms with Gasteiger partial charge < -0.3 is 45.1 Å². The minimum absolute atomic E-state index is 0.0521. The summed E-state index contributed by atoms with van der Waals surface area (Å²) in [5.74, 6) is -0.277. The zero-order chi connectivity index (χ0) is 50.3. The molecule has 1 saturated heterocycles. The van der Waals surface area contributed by atoms with Crippen molar-refractivity contribution in [3.05, 3.63) is 85.1 Å². The molecule has 11 nitrogen and oxygen atoms in total. The van der Waals surface area contributed by atoms with Crippen molar-refractivity contribution < 1.29 is 49.3 Å². The van der Waals surface area contributed by atoms with Gasteiger partial charge in [-0.05, 0) is 116 Å². The first-order valence-electron chi connectivity index (χ1n) is 27.3. The van der Waals surface area contributed by atoms with E-state index in [1.54, 1.807) is 6.08 Å². The number of carbonyl (C=O) groups excluding carboxylic acids is 2. The van der Waals surface area contributed by atoms with Crippen LogP contribution in [0.3, 0.4) is 0 Å². The van der Waals surface area contributed by atoms with Crippen LogP contribution >= 0.6 is 0 Å². The van der Waals surface area contributed by atoms with E-state index in [0.717, 1.165) is 103 Å². The molecule has 0 radical (unpaired) electrons. The van der Waals surface area contributed by atoms with E-state index >= 15 is 0 Å². The first-order chi connectivity index (χ1) is 33.7. The van der Waals surface area contributed by atoms with Crippen molar-refractivity contribution >= 4 is 11.9 Å². The molecule has 0 aromatic rings. The number of esters is 1. The number of aliphatic hydroxyl groups excluding tert-OH is 5. The molecule has 11 heteroatoms. The van der Waals surface area contributed by atoms with E-state index in [1.165, 1.54) is 64.2 Å². The van der Waals surface area contributed by atoms with Gasteiger partial charge >= 0.3 is 5.97 Å². The molecule has 0 aromatic carbocycles. The predicted octanol–water partition coefficient (Wildman–Crippen LogP) is 11.8. The van der Waals surface area contributed by atoms with E-state index in [9.17, 15) is 35.1 Å². The van der Waals surface area contributed by atoms with E-state index in [2.05, 4.69) is 79.1 Å². The number of carbonyl (C=O) groups is 2. The number of rotatable bonds is 45. The topological polar surface area (TPSA) is 175 Å². The standard InChI is InChI=1S/C58H99NO10/c1-3-5-7-9-11-13-14-15-16-17-20-23-26-30-34-38-42-46-54(63)67-47-43-39-35-31-27-24-21-18-19-22-25-29-33-37-41-45-53(62)59-50(51(61)44-40-36-32-28-12-10-8-6-4-2)49-68-58-57(66)56(65)55(64)52(48-60)69-58/h4,6,11-13,15-16,18,21,24,27-28,40,44,50-52,55-58,60-61,64-66H,3,5,7-10,14,17,19-20,22-23,25-26,29-39,41-43,45-49H2,1-2H3,(H,59,62)/b6-4+,13-11-,16-15-,21-18-,27-24-,28-12+,44-40+. The summed E-state index contributed by atoms with van der Waals surface area (Å²) in [4.78, 5) is 25.0. The lowest BCUT2D eigenvalue weighted by atomic mass is 9.99. The van der Waals surface area contributed by atoms with Crippen molar-refractivity contribution in [1.29, 1.82) is 0 Å². The molecule has 7 unspecified atom stereocenters. The predicted molar refractivity (Wildman–Crippen MR) is 282 cm³/mol. The molecule has 1 aliphatic heterocycles. The zero-order valence-corrected chi connectivity index (χ0v) is 43.2. The fourth-order valence-electron chi connectivity index (χ4n) is 7.90. The van der Waals surface area contributed by atoms with Crippen LogP contribution in [-0.4, -0.2) is 100 Å². The summed E-state index contributed by atoms with van der Waals surface area (Å²) < 4.78 is 16.6. The van der Waals surface area contributed by atoms with Crippen LogP contribution in [0.1, 0.15) is 206 Å². The van der Waals surface area contributed by atoms with Crippen molar-refractivity contribution in [2.75, 3.05) is 19.8 Å². The summed E-state index contributed by atoms with van der Waals surface area (Å²) in [6.07, 6.45) is 52.7. The van der Waals surface area contributed by atoms with Crippen molar-refractivity contribution in [3.63, 3.8) is 0 Å². The van der Waals surface area contributed by atoms with Crippen LogP contribution in [0.5, 0.6) is 0 Å². The highest BCUT2D eigenvalue weighted by molar-refractivity contribution is 5.76. The Hall–Kier alpha value is -3.16. The summed E-state index contributed by atoms with van der Waals surface area (Å²) in [5.41, 5.74) is 0. The average molecular weight is 970 g/mol. The fourth-order valence-corrected chi connectivity index (χ4v) is 7.90. The van der Waals surface area contributed by atoms with Crippen molar-refractivity contribution in [3.8, 4) is 0 Å². The van der Waals surface area contributed by atoms with Gasteiger partial charge in [0.15, 0.2) is 6.29 Å². The minimum atomic E-state index is -1.59. The summed E-state index contributed by atoms with van der Waals surface area (Å²) in [5, 5.41) is 54.0. The monoisotopic (exact) mass is 970 g/mol. The molecule has 6 N–H and O–H groups in total. The molecule has 1 heterocycles. The van der Waals surface area contributed by atoms with Gasteiger partial charge in [0, 0.05) is 12.8 Å². The molecule has 396 valence electrons. The molecule has 1 amide bonds. The third-order valence-corrected chi connectivity index (χ3v) is 12.3. The third-order valence-electron chi connectivity index (χ3n) is 12.3. The highest BCUT2D eigenvalue weighted by Crippen LogP contribution is 2.22. The second-order valence-electron chi connectivity index (χ2n) is 18.6. The van der Waals surface area contributed by atoms with Gasteiger partial charge in [-0.1, -0.05) is 163 Å². The van der Waals surface area contributed by atoms with Gasteiger partial charge in [-0.2, -0.15) is 0 Å². The number of amides is 1. The third kappa shape index (κ3) is 37.3. The Labute approximate surface area is 419 Å². The van der Waals surface area contributed by atoms with Crippen LogP contribution in [0.2, 0.25) is 0 Å². The summed E-state index contributed by atoms with van der Waals surface area (Å²) in [6, 6.07) is -0.852. The number of allylic oxidation sites excluding steroid dienone is 13. The quantitative estimate of drug-likeness (QED) is 0.0149. The Balaban J connectivity index is 2.12. The Kier molecular flexibility index (Phi) is 43.7. The zero-order valence-electron chi connectivity index (χ0n) is 43.2. The second-order valence-corrected chi connectivity index (χ2v) is 18.6. The summed E-state index contributed by atoms with van der Waals surface area (Å²) in [6.45, 7) is 3.96. The summed E-state index contributed by atoms with van der Waals surface area (Å²) in [7, 11) is 0. The highest BCUT2D eigenvalue weighted by Gasteiger charge is 2.44. The molecule has 0 saturated carbocycles. The largest absolute Gasteiger partial charge is 0.466 e. The number of ether oxygens (including phenoxy) is 3. The first kappa shape index (κ1) is 63.9. The highest BCUT2D eigenvalue weighted by atomic mass is 16.7. The molecule has 0 aromatic heterocycles. The molecule has 0 aliphatic carbocycles. The van der Waals surface area contributed by atoms with Crippen LogP contribution < -0.4 is 5.32 Å². The maximum atomic E-state index is 12.9. The average Bonchev–Trinajstić information content (AvgIpc) is 3.34. The van der Waals surface area contributed by atoms with Crippen LogP contribution in [0, 0.1) is 0 Å². The van der Waals surface area contributed by atoms with Crippen LogP contribution in [0.25, 0.3) is 0 Å². The van der Waals surface area contributed by atoms with Gasteiger partial charge in [-0.15, -0.1) is 0 Å². The maximum Gasteiger partial charge on any atom is 0.305 e. The minimum Gasteiger partial charge on any atom is -0.466 e. The summed E-state index contributed by atoms with van der Waals surface area (Å²) >= 11 is 0. The maximum absolute atomic E-state index is 12.9. The lowest BCUT2D eigenvalue weighted by Gasteiger charge is -2.40. The van der Waals surface area contributed by atoms with E-state index in [0.29, 0.717) is 32.3 Å². The normalized spacial score (nSPS) is 20.0. The number of hydrogen-bond donors (Lipinski definition) is 6. The van der Waals surface area contributed by atoms with Crippen molar-refractivity contribution in [2.24, 2.45) is 0 Å². The Morgan fingerprint density at radius 1 is 0.580 bits per heavy atom. The fraction of sp³-hybridized carbons (Fsp3) is 0.724. The Bertz CT molecular complexity index is 1420. The number of nitrogens with one attached hydrogen (secondary N) is 1. The molecule has 7 atom stereocenters. The van der Waals surface area contributed by atoms with Crippen LogP contribution in [0.15, 0.2) is 85.1 Å². The van der Waals surface area contributed by atoms with E-state index in [1.807, 2.05) is 19.1 Å². The molecular weight excluding hydrogens is 871 g/mol. The Morgan fingerprint density at radius 3 is 1.68 bits per heavy atom. The second kappa shape index (κ2) is 47.2. The molecule has 1 aliphatic rings. The SMILES string of the molecule is C/C=C/CC/C=C/CC/C=C/C(O)C(COC1OC(CO)C(O)C(O)C1O)NC(=O)CCCCCCCC/C=C\C=C/CCCCCOC(=O)CCCCCCCCC/C=C\C/C=C\CCCCC. The van der Waals surface area contributed by atoms with E-state index in [4.69, 9.17) is 14.2 Å². The number of unbranched alkanes of at least 4 members (excludes halogenated alkanes) is 21. The van der Waals surface area contributed by atoms with Gasteiger partial charge in [0.2, 0.25) is 5.91 Å². The lowest BCUT2D eigenvalue weighted by molar-refractivity contribution is -0.302. The number of hydrogen-bond acceptors (Lipinski definition) is 10. The van der Waals surface area contributed by atoms with Crippen molar-refractivity contribution in [2.45, 2.75) is 249 Å². The van der Waals surface area contributed by atoms with Gasteiger partial charge in [-0.3, -0.25) is 9.59 Å².